The van der Waals surface area contributed by atoms with Crippen molar-refractivity contribution in [2.24, 2.45) is 5.73 Å². The highest BCUT2D eigenvalue weighted by molar-refractivity contribution is 5.98. The molecule has 0 saturated heterocycles. The third kappa shape index (κ3) is 5.34. The van der Waals surface area contributed by atoms with Crippen molar-refractivity contribution in [3.8, 4) is 23.0 Å². The molecule has 4 rings (SSSR count). The molecule has 5 N–H and O–H groups in total. The van der Waals surface area contributed by atoms with E-state index in [1.165, 1.54) is 26.2 Å². The van der Waals surface area contributed by atoms with Crippen molar-refractivity contribution in [1.82, 2.24) is 4.98 Å². The fraction of sp³-hybridized carbons (Fsp3) is 0.286. The molecular weight excluding hydrogens is 508 g/mol. The molecular formula is C28H28N2O9. The first kappa shape index (κ1) is 27.4. The molecule has 11 heteroatoms. The number of benzene rings is 2. The summed E-state index contributed by atoms with van der Waals surface area (Å²) in [6.45, 7) is 2.58. The van der Waals surface area contributed by atoms with Crippen LogP contribution in [0.15, 0.2) is 36.5 Å². The number of nitrogens with two attached hydrogens (primary N) is 1. The van der Waals surface area contributed by atoms with Crippen LogP contribution in [0.2, 0.25) is 0 Å². The van der Waals surface area contributed by atoms with Gasteiger partial charge in [0, 0.05) is 34.4 Å². The van der Waals surface area contributed by atoms with Gasteiger partial charge in [0.25, 0.3) is 5.91 Å². The molecule has 0 aliphatic carbocycles. The quantitative estimate of drug-likeness (QED) is 0.235. The van der Waals surface area contributed by atoms with Gasteiger partial charge in [0.05, 0.1) is 31.4 Å². The van der Waals surface area contributed by atoms with E-state index >= 15 is 0 Å². The number of ketones is 1. The Kier molecular flexibility index (Phi) is 7.73. The number of methoxy groups -OCH3 is 1. The van der Waals surface area contributed by atoms with E-state index in [4.69, 9.17) is 19.9 Å². The molecule has 0 bridgehead atoms. The molecule has 2 heterocycles. The second kappa shape index (κ2) is 11.0. The van der Waals surface area contributed by atoms with Crippen LogP contribution >= 0.6 is 0 Å². The van der Waals surface area contributed by atoms with Gasteiger partial charge < -0.3 is 35.3 Å². The lowest BCUT2D eigenvalue weighted by atomic mass is 9.83. The number of hydrogen-bond acceptors (Lipinski definition) is 10. The number of nitrogens with zero attached hydrogens (tertiary/aromatic N) is 1. The number of hydrogen-bond donors (Lipinski definition) is 4. The molecule has 0 fully saturated rings. The first-order valence-electron chi connectivity index (χ1n) is 12.0. The molecule has 0 saturated carbocycles. The minimum atomic E-state index is -1.01. The Labute approximate surface area is 223 Å². The topological polar surface area (TPSA) is 178 Å². The summed E-state index contributed by atoms with van der Waals surface area (Å²) in [7, 11) is 1.20. The van der Waals surface area contributed by atoms with E-state index < -0.39 is 41.2 Å². The van der Waals surface area contributed by atoms with Crippen molar-refractivity contribution in [3.05, 3.63) is 75.6 Å². The number of ether oxygens (including phenoxy) is 3. The second-order valence-corrected chi connectivity index (χ2v) is 9.16. The summed E-state index contributed by atoms with van der Waals surface area (Å²) in [4.78, 5) is 40.4. The highest BCUT2D eigenvalue weighted by Gasteiger charge is 2.36. The number of carbonyl (C=O) groups excluding carboxylic acids is 3. The van der Waals surface area contributed by atoms with Crippen LogP contribution in [0.4, 0.5) is 0 Å². The summed E-state index contributed by atoms with van der Waals surface area (Å²) in [6, 6.07) is 7.64. The highest BCUT2D eigenvalue weighted by atomic mass is 16.5. The van der Waals surface area contributed by atoms with Crippen LogP contribution < -0.4 is 10.5 Å². The zero-order valence-electron chi connectivity index (χ0n) is 21.6. The lowest BCUT2D eigenvalue weighted by Gasteiger charge is -2.25. The van der Waals surface area contributed by atoms with Crippen molar-refractivity contribution in [2.75, 3.05) is 13.7 Å². The minimum Gasteiger partial charge on any atom is -0.507 e. The van der Waals surface area contributed by atoms with E-state index in [9.17, 15) is 29.7 Å². The lowest BCUT2D eigenvalue weighted by Crippen LogP contribution is -2.20. The number of amides is 1. The van der Waals surface area contributed by atoms with Gasteiger partial charge in [-0.1, -0.05) is 12.1 Å². The maximum atomic E-state index is 12.6. The molecule has 0 spiro atoms. The third-order valence-corrected chi connectivity index (χ3v) is 6.61. The molecule has 1 aromatic heterocycles. The molecule has 0 radical (unpaired) electrons. The highest BCUT2D eigenvalue weighted by Crippen LogP contribution is 2.50. The Bertz CT molecular complexity index is 1470. The van der Waals surface area contributed by atoms with Gasteiger partial charge in [-0.25, -0.2) is 0 Å². The van der Waals surface area contributed by atoms with Gasteiger partial charge in [-0.15, -0.1) is 0 Å². The van der Waals surface area contributed by atoms with Gasteiger partial charge in [-0.05, 0) is 37.6 Å². The maximum Gasteiger partial charge on any atom is 0.306 e. The number of phenolic OH excluding ortho intramolecular Hbond substituents is 2. The number of primary amides is 1. The van der Waals surface area contributed by atoms with Crippen LogP contribution in [0.1, 0.15) is 69.2 Å². The average molecular weight is 537 g/mol. The van der Waals surface area contributed by atoms with Crippen LogP contribution in [0, 0.1) is 6.92 Å². The maximum absolute atomic E-state index is 12.6. The zero-order chi connectivity index (χ0) is 28.4. The van der Waals surface area contributed by atoms with Crippen LogP contribution in [0.5, 0.6) is 23.0 Å². The van der Waals surface area contributed by atoms with Gasteiger partial charge in [0.2, 0.25) is 0 Å². The Morgan fingerprint density at radius 3 is 2.56 bits per heavy atom. The average Bonchev–Trinajstić information content (AvgIpc) is 3.33. The van der Waals surface area contributed by atoms with Crippen LogP contribution in [0.3, 0.4) is 0 Å². The minimum absolute atomic E-state index is 0.0940. The van der Waals surface area contributed by atoms with Crippen molar-refractivity contribution in [3.63, 3.8) is 0 Å². The lowest BCUT2D eigenvalue weighted by molar-refractivity contribution is -0.140. The van der Waals surface area contributed by atoms with E-state index in [0.29, 0.717) is 22.4 Å². The molecule has 11 nitrogen and oxygen atoms in total. The van der Waals surface area contributed by atoms with Gasteiger partial charge in [0.15, 0.2) is 12.4 Å². The van der Waals surface area contributed by atoms with Gasteiger partial charge in [-0.3, -0.25) is 19.4 Å². The largest absolute Gasteiger partial charge is 0.507 e. The van der Waals surface area contributed by atoms with Crippen molar-refractivity contribution >= 4 is 17.7 Å². The molecule has 1 aliphatic rings. The van der Waals surface area contributed by atoms with Crippen molar-refractivity contribution < 1.29 is 43.9 Å². The molecule has 3 aromatic rings. The molecule has 0 unspecified atom stereocenters. The smallest absolute Gasteiger partial charge is 0.306 e. The van der Waals surface area contributed by atoms with Gasteiger partial charge >= 0.3 is 5.97 Å². The normalized spacial score (nSPS) is 14.9. The molecule has 39 heavy (non-hydrogen) atoms. The predicted molar refractivity (Wildman–Crippen MR) is 137 cm³/mol. The summed E-state index contributed by atoms with van der Waals surface area (Å²) in [5.74, 6) is -3.66. The zero-order valence-corrected chi connectivity index (χ0v) is 21.6. The summed E-state index contributed by atoms with van der Waals surface area (Å²) in [5, 5.41) is 33.6. The standard InChI is InChI=1S/C28H28N2O9/c1-13-25(34)23-16(10-30-13)11-39-28(23)20-8-18(14(2)31)26(35)24(27(20)36)19(9-22(33)37-3)15-5-4-6-17(7-15)38-12-21(29)32/h4-8,10,19,28,34-36H,9,11-12H2,1-3H3,(H2,29,32)/t19-,28+/m1/s1. The van der Waals surface area contributed by atoms with E-state index in [1.54, 1.807) is 31.3 Å². The molecule has 2 atom stereocenters. The first-order valence-corrected chi connectivity index (χ1v) is 12.0. The Morgan fingerprint density at radius 2 is 1.90 bits per heavy atom. The monoisotopic (exact) mass is 536 g/mol. The summed E-state index contributed by atoms with van der Waals surface area (Å²) in [5.41, 5.74) is 6.81. The SMILES string of the molecule is COC(=O)C[C@H](c1cccc(OCC(N)=O)c1)c1c(O)c(C(C)=O)cc([C@@H]2OCc3cnc(C)c(O)c32)c1O. The van der Waals surface area contributed by atoms with E-state index in [0.717, 1.165) is 0 Å². The second-order valence-electron chi connectivity index (χ2n) is 9.16. The predicted octanol–water partition coefficient (Wildman–Crippen LogP) is 2.89. The Balaban J connectivity index is 1.94. The summed E-state index contributed by atoms with van der Waals surface area (Å²) >= 11 is 0. The number of aryl methyl sites for hydroxylation is 1. The van der Waals surface area contributed by atoms with E-state index in [2.05, 4.69) is 4.98 Å². The van der Waals surface area contributed by atoms with Crippen molar-refractivity contribution in [2.45, 2.75) is 38.9 Å². The number of fused-ring (bicyclic) bond motifs is 1. The van der Waals surface area contributed by atoms with Crippen LogP contribution in [-0.2, 0) is 25.7 Å². The Hall–Kier alpha value is -4.64. The number of Topliss-reactive ketones (excluding diaryl/α,β-unsaturated/α-hetero) is 1. The Morgan fingerprint density at radius 1 is 1.15 bits per heavy atom. The number of rotatable bonds is 9. The first-order chi connectivity index (χ1) is 18.5. The van der Waals surface area contributed by atoms with Gasteiger partial charge in [0.1, 0.15) is 29.1 Å². The number of pyridine rings is 1. The number of aromatic nitrogens is 1. The fourth-order valence-corrected chi connectivity index (χ4v) is 4.68. The summed E-state index contributed by atoms with van der Waals surface area (Å²) in [6.07, 6.45) is 0.253. The van der Waals surface area contributed by atoms with Gasteiger partial charge in [-0.2, -0.15) is 0 Å². The molecule has 2 aromatic carbocycles. The number of phenols is 2. The number of aromatic hydroxyl groups is 3. The number of esters is 1. The van der Waals surface area contributed by atoms with Crippen LogP contribution in [-0.4, -0.2) is 51.7 Å². The van der Waals surface area contributed by atoms with E-state index in [-0.39, 0.29) is 47.8 Å². The van der Waals surface area contributed by atoms with Crippen LogP contribution in [0.25, 0.3) is 0 Å². The van der Waals surface area contributed by atoms with Crippen molar-refractivity contribution in [1.29, 1.82) is 0 Å². The molecule has 204 valence electrons. The summed E-state index contributed by atoms with van der Waals surface area (Å²) < 4.78 is 16.2. The number of carbonyl (C=O) groups is 3. The molecule has 1 aliphatic heterocycles. The molecule has 1 amide bonds. The third-order valence-electron chi connectivity index (χ3n) is 6.61. The fourth-order valence-electron chi connectivity index (χ4n) is 4.68. The van der Waals surface area contributed by atoms with E-state index in [1.807, 2.05) is 0 Å².